The van der Waals surface area contributed by atoms with Crippen LogP contribution in [0.25, 0.3) is 0 Å². The van der Waals surface area contributed by atoms with Gasteiger partial charge in [0.05, 0.1) is 88.3 Å². The second-order valence-electron chi connectivity index (χ2n) is 16.3. The number of phosphoric acid groups is 6. The fourth-order valence-electron chi connectivity index (χ4n) is 6.87. The van der Waals surface area contributed by atoms with E-state index in [0.29, 0.717) is 0 Å². The van der Waals surface area contributed by atoms with Crippen LogP contribution in [0.5, 0.6) is 0 Å². The molecule has 3 aliphatic rings. The highest BCUT2D eigenvalue weighted by Crippen LogP contribution is 2.54. The van der Waals surface area contributed by atoms with E-state index in [4.69, 9.17) is 54.3 Å². The van der Waals surface area contributed by atoms with Gasteiger partial charge < -0.3 is 50.0 Å². The lowest BCUT2D eigenvalue weighted by molar-refractivity contribution is -0.700. The Morgan fingerprint density at radius 2 is 0.822 bits per heavy atom. The van der Waals surface area contributed by atoms with Crippen molar-refractivity contribution >= 4 is 46.9 Å². The Bertz CT molecular complexity index is 1890. The summed E-state index contributed by atoms with van der Waals surface area (Å²) in [5, 5.41) is 29.2. The Morgan fingerprint density at radius 3 is 1.21 bits per heavy atom. The van der Waals surface area contributed by atoms with Crippen LogP contribution in [0.1, 0.15) is 84.0 Å². The molecule has 3 rings (SSSR count). The molecule has 3 saturated carbocycles. The highest BCUT2D eigenvalue weighted by atomic mass is 31.2. The summed E-state index contributed by atoms with van der Waals surface area (Å²) in [4.78, 5) is 70.3. The topological polar surface area (TPSA) is 437 Å². The standard InChI is InChI=1S/C34H71N3O30P6/c1-5-18-51-65-67-66-52-19-20-53-68(39,40)54-23-27(36-3)24-56-70(43,44)59-29-10-16-33(17-11-29)63-73(49,50)64-34(37-4)25-57-71(45,46)60-30-8-14-32(15-9-30)62-72(47,48)61-31-12-6-28(7-13-31)58-69(41,42)55-22-26(21-38)35-2/h5,18,26-38H,6-17,19-25H2,1-4H3,(H,39,40)(H,41,42)(H,43,44)(H,45,46)(H,47,48)(H,49,50)/b18-5+. The Morgan fingerprint density at radius 1 is 0.452 bits per heavy atom. The molecule has 0 saturated heterocycles. The van der Waals surface area contributed by atoms with Gasteiger partial charge in [-0.25, -0.2) is 32.3 Å². The third kappa shape index (κ3) is 29.6. The van der Waals surface area contributed by atoms with Crippen molar-refractivity contribution in [3.63, 3.8) is 0 Å². The van der Waals surface area contributed by atoms with Gasteiger partial charge in [0, 0.05) is 10.1 Å². The minimum Gasteiger partial charge on any atom is -0.395 e. The predicted octanol–water partition coefficient (Wildman–Crippen LogP) is 3.71. The zero-order chi connectivity index (χ0) is 54.2. The Labute approximate surface area is 421 Å². The molecule has 0 radical (unpaired) electrons. The van der Waals surface area contributed by atoms with Crippen LogP contribution < -0.4 is 16.0 Å². The third-order valence-electron chi connectivity index (χ3n) is 10.6. The normalized spacial score (nSPS) is 28.4. The maximum Gasteiger partial charge on any atom is 0.474 e. The second-order valence-corrected chi connectivity index (χ2v) is 24.7. The van der Waals surface area contributed by atoms with Gasteiger partial charge in [-0.1, -0.05) is 0 Å². The number of aliphatic hydroxyl groups excluding tert-OH is 1. The zero-order valence-corrected chi connectivity index (χ0v) is 45.9. The molecule has 0 spiro atoms. The van der Waals surface area contributed by atoms with Crippen molar-refractivity contribution < 1.29 is 141 Å². The third-order valence-corrected chi connectivity index (χ3v) is 17.0. The zero-order valence-electron chi connectivity index (χ0n) is 40.5. The van der Waals surface area contributed by atoms with E-state index >= 15 is 0 Å². The van der Waals surface area contributed by atoms with Crippen LogP contribution in [0.15, 0.2) is 12.3 Å². The van der Waals surface area contributed by atoms with E-state index in [2.05, 4.69) is 40.8 Å². The van der Waals surface area contributed by atoms with Gasteiger partial charge in [0.25, 0.3) is 0 Å². The molecule has 10 N–H and O–H groups in total. The average Bonchev–Trinajstić information content (AvgIpc) is 3.31. The molecule has 39 heteroatoms. The molecular weight excluding hydrogens is 1120 g/mol. The van der Waals surface area contributed by atoms with Crippen LogP contribution in [0.3, 0.4) is 0 Å². The minimum absolute atomic E-state index is 0.0777. The summed E-state index contributed by atoms with van der Waals surface area (Å²) in [5.74, 6) is 0. The van der Waals surface area contributed by atoms with Gasteiger partial charge >= 0.3 is 46.9 Å². The highest BCUT2D eigenvalue weighted by Gasteiger charge is 2.40. The Kier molecular flexibility index (Phi) is 30.8. The number of allylic oxidation sites excluding steroid dienone is 1. The lowest BCUT2D eigenvalue weighted by Gasteiger charge is -2.32. The fraction of sp³-hybridized carbons (Fsp3) is 0.941. The number of aliphatic hydroxyl groups is 1. The van der Waals surface area contributed by atoms with Crippen molar-refractivity contribution in [2.24, 2.45) is 0 Å². The summed E-state index contributed by atoms with van der Waals surface area (Å²) in [6, 6.07) is -1.46. The van der Waals surface area contributed by atoms with Gasteiger partial charge in [0.15, 0.2) is 0 Å². The molecule has 0 aromatic heterocycles. The molecule has 3 fully saturated rings. The smallest absolute Gasteiger partial charge is 0.395 e. The first-order valence-corrected chi connectivity index (χ1v) is 31.8. The summed E-state index contributed by atoms with van der Waals surface area (Å²) in [7, 11) is -23.7. The van der Waals surface area contributed by atoms with E-state index in [1.807, 2.05) is 0 Å². The first kappa shape index (κ1) is 67.2. The van der Waals surface area contributed by atoms with Crippen LogP contribution in [0.4, 0.5) is 0 Å². The van der Waals surface area contributed by atoms with Gasteiger partial charge in [-0.2, -0.15) is 0 Å². The second kappa shape index (κ2) is 33.5. The van der Waals surface area contributed by atoms with Crippen molar-refractivity contribution in [2.45, 2.75) is 139 Å². The first-order valence-electron chi connectivity index (χ1n) is 22.8. The van der Waals surface area contributed by atoms with Gasteiger partial charge in [-0.05, 0) is 116 Å². The van der Waals surface area contributed by atoms with Crippen LogP contribution in [-0.2, 0) is 107 Å². The van der Waals surface area contributed by atoms with Crippen LogP contribution in [0.2, 0.25) is 0 Å². The van der Waals surface area contributed by atoms with Gasteiger partial charge in [-0.15, -0.1) is 0 Å². The van der Waals surface area contributed by atoms with E-state index in [0.717, 1.165) is 6.26 Å². The van der Waals surface area contributed by atoms with E-state index in [9.17, 15) is 61.9 Å². The first-order chi connectivity index (χ1) is 34.3. The molecule has 0 aromatic rings. The number of phosphoric ester groups is 6. The maximum atomic E-state index is 12.9. The summed E-state index contributed by atoms with van der Waals surface area (Å²) in [6.45, 7) is -1.60. The number of hydrogen-bond donors (Lipinski definition) is 10. The Hall–Kier alpha value is -0.120. The van der Waals surface area contributed by atoms with E-state index in [1.165, 1.54) is 20.2 Å². The van der Waals surface area contributed by atoms with E-state index in [1.54, 1.807) is 14.0 Å². The van der Waals surface area contributed by atoms with E-state index < -0.39 is 135 Å². The van der Waals surface area contributed by atoms with Gasteiger partial charge in [-0.3, -0.25) is 59.6 Å². The summed E-state index contributed by atoms with van der Waals surface area (Å²) >= 11 is 0. The molecule has 9 atom stereocenters. The predicted molar refractivity (Wildman–Crippen MR) is 245 cm³/mol. The quantitative estimate of drug-likeness (QED) is 0.0105. The molecular formula is C34H71N3O30P6. The molecule has 3 aliphatic carbocycles. The number of hydrogen-bond acceptors (Lipinski definition) is 27. The van der Waals surface area contributed by atoms with Gasteiger partial charge in [0.2, 0.25) is 0 Å². The van der Waals surface area contributed by atoms with Crippen LogP contribution in [-0.4, -0.2) is 157 Å². The lowest BCUT2D eigenvalue weighted by Crippen LogP contribution is -2.35. The van der Waals surface area contributed by atoms with Crippen LogP contribution >= 0.6 is 46.9 Å². The SMILES string of the molecule is C/C=C/OOOOOCCOP(=O)(O)OCC(COP(=O)(O)OC1CCC(OP(=O)(O)OC(COP(=O)(O)OC2CCC(OP(=O)(O)OC3CCC(OP(=O)(O)OCC(CO)NC)CC3)CC2)NC)CC1)NC. The Balaban J connectivity index is 1.30. The van der Waals surface area contributed by atoms with E-state index in [-0.39, 0.29) is 90.3 Å². The maximum absolute atomic E-state index is 12.9. The number of nitrogens with one attached hydrogen (secondary N) is 3. The molecule has 432 valence electrons. The summed E-state index contributed by atoms with van der Waals surface area (Å²) in [6.07, 6.45) is -1.76. The fourth-order valence-corrected chi connectivity index (χ4v) is 13.0. The van der Waals surface area contributed by atoms with Crippen molar-refractivity contribution in [1.29, 1.82) is 0 Å². The molecule has 0 amide bonds. The molecule has 73 heavy (non-hydrogen) atoms. The van der Waals surface area contributed by atoms with Gasteiger partial charge in [0.1, 0.15) is 19.1 Å². The highest BCUT2D eigenvalue weighted by molar-refractivity contribution is 7.48. The number of likely N-dealkylation sites (N-methyl/N-ethyl adjacent to an activating group) is 3. The van der Waals surface area contributed by atoms with Crippen molar-refractivity contribution in [1.82, 2.24) is 16.0 Å². The molecule has 9 unspecified atom stereocenters. The molecule has 0 heterocycles. The minimum atomic E-state index is -4.85. The molecule has 33 nitrogen and oxygen atoms in total. The summed E-state index contributed by atoms with van der Waals surface area (Å²) < 4.78 is 137. The monoisotopic (exact) mass is 1190 g/mol. The number of rotatable bonds is 39. The summed E-state index contributed by atoms with van der Waals surface area (Å²) in [5.41, 5.74) is 0. The molecule has 0 bridgehead atoms. The van der Waals surface area contributed by atoms with Crippen molar-refractivity contribution in [3.05, 3.63) is 12.3 Å². The molecule has 0 aromatic carbocycles. The lowest BCUT2D eigenvalue weighted by atomic mass is 9.95. The van der Waals surface area contributed by atoms with Crippen LogP contribution in [0, 0.1) is 0 Å². The largest absolute Gasteiger partial charge is 0.474 e. The molecule has 0 aliphatic heterocycles. The van der Waals surface area contributed by atoms with Crippen molar-refractivity contribution in [2.75, 3.05) is 67.4 Å². The van der Waals surface area contributed by atoms with Crippen molar-refractivity contribution in [3.8, 4) is 0 Å². The average molecular weight is 1190 g/mol.